The Morgan fingerprint density at radius 2 is 2.00 bits per heavy atom. The fourth-order valence-electron chi connectivity index (χ4n) is 4.64. The van der Waals surface area contributed by atoms with Crippen LogP contribution in [0.1, 0.15) is 19.3 Å². The number of nitrogens with one attached hydrogen (secondary N) is 1. The standard InChI is InChI=1S/C12H19N3O6S/c16-9(17)11-5-12(6-11,7-11)15-4-8-3-13-1-2-14(8)10(15)21-22(18,19)20/h8,10,13H,1-7H2,(H,16,17)(H,18,19,20)/t8?,10-,11?,12?/m0/s1. The molecular weight excluding hydrogens is 314 g/mol. The summed E-state index contributed by atoms with van der Waals surface area (Å²) in [6.45, 7) is 2.69. The molecular formula is C12H19N3O6S. The molecule has 5 aliphatic rings. The van der Waals surface area contributed by atoms with E-state index in [1.54, 1.807) is 0 Å². The van der Waals surface area contributed by atoms with Crippen molar-refractivity contribution in [3.05, 3.63) is 0 Å². The van der Waals surface area contributed by atoms with Gasteiger partial charge in [-0.05, 0) is 19.3 Å². The molecule has 0 aromatic carbocycles. The van der Waals surface area contributed by atoms with Crippen LogP contribution in [0.3, 0.4) is 0 Å². The Bertz CT molecular complexity index is 603. The van der Waals surface area contributed by atoms with Gasteiger partial charge in [0.2, 0.25) is 0 Å². The summed E-state index contributed by atoms with van der Waals surface area (Å²) in [4.78, 5) is 15.1. The molecule has 3 saturated carbocycles. The largest absolute Gasteiger partial charge is 0.481 e. The van der Waals surface area contributed by atoms with E-state index in [1.165, 1.54) is 0 Å². The summed E-state index contributed by atoms with van der Waals surface area (Å²) in [6.07, 6.45) is 0.729. The average Bonchev–Trinajstić information content (AvgIpc) is 2.63. The Morgan fingerprint density at radius 1 is 1.32 bits per heavy atom. The third-order valence-electron chi connectivity index (χ3n) is 5.63. The molecule has 9 nitrogen and oxygen atoms in total. The fraction of sp³-hybridized carbons (Fsp3) is 0.917. The van der Waals surface area contributed by atoms with Gasteiger partial charge in [0.25, 0.3) is 0 Å². The number of aliphatic carboxylic acids is 1. The molecule has 1 unspecified atom stereocenters. The molecule has 0 amide bonds. The highest BCUT2D eigenvalue weighted by atomic mass is 32.3. The zero-order valence-corrected chi connectivity index (χ0v) is 12.8. The minimum absolute atomic E-state index is 0.107. The molecule has 2 aliphatic heterocycles. The van der Waals surface area contributed by atoms with E-state index >= 15 is 0 Å². The molecule has 10 heteroatoms. The third kappa shape index (κ3) is 1.95. The summed E-state index contributed by atoms with van der Waals surface area (Å²) in [5.74, 6) is -0.778. The van der Waals surface area contributed by atoms with Crippen molar-refractivity contribution in [2.24, 2.45) is 5.41 Å². The maximum atomic E-state index is 11.3. The second kappa shape index (κ2) is 4.40. The Hall–Kier alpha value is -0.780. The van der Waals surface area contributed by atoms with Gasteiger partial charge in [-0.3, -0.25) is 19.1 Å². The number of carbonyl (C=O) groups is 1. The van der Waals surface area contributed by atoms with Crippen molar-refractivity contribution in [3.8, 4) is 0 Å². The number of rotatable bonds is 4. The lowest BCUT2D eigenvalue weighted by Crippen LogP contribution is -2.78. The van der Waals surface area contributed by atoms with E-state index in [1.807, 2.05) is 9.80 Å². The number of hydrogen-bond donors (Lipinski definition) is 3. The number of hydrogen-bond acceptors (Lipinski definition) is 7. The summed E-state index contributed by atoms with van der Waals surface area (Å²) in [6, 6.07) is 0.107. The van der Waals surface area contributed by atoms with Crippen LogP contribution in [0.15, 0.2) is 0 Å². The Morgan fingerprint density at radius 3 is 2.59 bits per heavy atom. The van der Waals surface area contributed by atoms with Crippen LogP contribution >= 0.6 is 0 Å². The first kappa shape index (κ1) is 14.8. The van der Waals surface area contributed by atoms with Crippen LogP contribution in [-0.2, 0) is 19.4 Å². The van der Waals surface area contributed by atoms with Crippen LogP contribution in [0.2, 0.25) is 0 Å². The first-order chi connectivity index (χ1) is 10.2. The van der Waals surface area contributed by atoms with Crippen LogP contribution in [-0.4, -0.2) is 78.0 Å². The van der Waals surface area contributed by atoms with Crippen molar-refractivity contribution in [3.63, 3.8) is 0 Å². The lowest BCUT2D eigenvalue weighted by Gasteiger charge is -2.71. The molecule has 3 N–H and O–H groups in total. The first-order valence-corrected chi connectivity index (χ1v) is 8.74. The van der Waals surface area contributed by atoms with Gasteiger partial charge in [-0.15, -0.1) is 0 Å². The monoisotopic (exact) mass is 333 g/mol. The lowest BCUT2D eigenvalue weighted by atomic mass is 9.39. The van der Waals surface area contributed by atoms with E-state index in [0.29, 0.717) is 32.4 Å². The van der Waals surface area contributed by atoms with Crippen LogP contribution in [0, 0.1) is 5.41 Å². The third-order valence-corrected chi connectivity index (χ3v) is 6.04. The highest BCUT2D eigenvalue weighted by Crippen LogP contribution is 2.70. The predicted molar refractivity (Wildman–Crippen MR) is 73.1 cm³/mol. The number of carboxylic acid groups (broad SMARTS) is 1. The number of piperazine rings is 1. The molecule has 3 aliphatic carbocycles. The molecule has 2 bridgehead atoms. The van der Waals surface area contributed by atoms with E-state index in [2.05, 4.69) is 5.32 Å². The zero-order valence-electron chi connectivity index (χ0n) is 11.9. The molecule has 2 saturated heterocycles. The molecule has 2 heterocycles. The molecule has 0 aromatic rings. The minimum Gasteiger partial charge on any atom is -0.481 e. The van der Waals surface area contributed by atoms with Gasteiger partial charge in [0.15, 0.2) is 6.35 Å². The molecule has 22 heavy (non-hydrogen) atoms. The minimum atomic E-state index is -4.57. The molecule has 5 fully saturated rings. The Labute approximate surface area is 128 Å². The number of fused-ring (bicyclic) bond motifs is 1. The van der Waals surface area contributed by atoms with Crippen molar-refractivity contribution in [1.82, 2.24) is 15.1 Å². The zero-order chi connectivity index (χ0) is 15.8. The summed E-state index contributed by atoms with van der Waals surface area (Å²) in [7, 11) is -4.57. The molecule has 0 radical (unpaired) electrons. The smallest absolute Gasteiger partial charge is 0.400 e. The van der Waals surface area contributed by atoms with Gasteiger partial charge in [0.1, 0.15) is 0 Å². The molecule has 5 rings (SSSR count). The summed E-state index contributed by atoms with van der Waals surface area (Å²) < 4.78 is 36.4. The Balaban J connectivity index is 1.57. The van der Waals surface area contributed by atoms with Gasteiger partial charge in [0.05, 0.1) is 5.41 Å². The van der Waals surface area contributed by atoms with Crippen molar-refractivity contribution in [2.75, 3.05) is 26.2 Å². The van der Waals surface area contributed by atoms with Gasteiger partial charge >= 0.3 is 16.4 Å². The molecule has 0 aromatic heterocycles. The van der Waals surface area contributed by atoms with Crippen LogP contribution in [0.25, 0.3) is 0 Å². The number of nitrogens with zero attached hydrogens (tertiary/aromatic N) is 2. The van der Waals surface area contributed by atoms with E-state index < -0.39 is 28.1 Å². The van der Waals surface area contributed by atoms with Crippen molar-refractivity contribution < 1.29 is 27.1 Å². The first-order valence-electron chi connectivity index (χ1n) is 7.37. The SMILES string of the molecule is O=C(O)C12CC(N3CC4CNCCN4[C@@H]3OS(=O)(=O)O)(C1)C2. The van der Waals surface area contributed by atoms with Gasteiger partial charge in [-0.2, -0.15) is 8.42 Å². The van der Waals surface area contributed by atoms with Crippen LogP contribution in [0.5, 0.6) is 0 Å². The second-order valence-electron chi connectivity index (χ2n) is 6.94. The van der Waals surface area contributed by atoms with Crippen LogP contribution < -0.4 is 5.32 Å². The predicted octanol–water partition coefficient (Wildman–Crippen LogP) is -1.31. The van der Waals surface area contributed by atoms with E-state index in [4.69, 9.17) is 8.74 Å². The molecule has 124 valence electrons. The molecule has 0 spiro atoms. The second-order valence-corrected chi connectivity index (χ2v) is 7.99. The van der Waals surface area contributed by atoms with Crippen LogP contribution in [0.4, 0.5) is 0 Å². The van der Waals surface area contributed by atoms with E-state index in [9.17, 15) is 18.3 Å². The highest BCUT2D eigenvalue weighted by Gasteiger charge is 2.76. The molecule has 2 atom stereocenters. The van der Waals surface area contributed by atoms with Gasteiger partial charge in [0, 0.05) is 37.8 Å². The van der Waals surface area contributed by atoms with Crippen molar-refractivity contribution in [1.29, 1.82) is 0 Å². The van der Waals surface area contributed by atoms with Gasteiger partial charge in [-0.25, -0.2) is 4.18 Å². The van der Waals surface area contributed by atoms with Gasteiger partial charge in [-0.1, -0.05) is 0 Å². The van der Waals surface area contributed by atoms with Gasteiger partial charge < -0.3 is 10.4 Å². The summed E-state index contributed by atoms with van der Waals surface area (Å²) >= 11 is 0. The maximum Gasteiger partial charge on any atom is 0.400 e. The van der Waals surface area contributed by atoms with E-state index in [-0.39, 0.29) is 11.6 Å². The summed E-state index contributed by atoms with van der Waals surface area (Å²) in [5.41, 5.74) is -0.935. The lowest BCUT2D eigenvalue weighted by molar-refractivity contribution is -0.255. The Kier molecular flexibility index (Phi) is 2.96. The average molecular weight is 333 g/mol. The summed E-state index contributed by atoms with van der Waals surface area (Å²) in [5, 5.41) is 12.5. The number of carboxylic acids is 1. The van der Waals surface area contributed by atoms with E-state index in [0.717, 1.165) is 13.1 Å². The quantitative estimate of drug-likeness (QED) is 0.538. The highest BCUT2D eigenvalue weighted by molar-refractivity contribution is 7.80. The maximum absolute atomic E-state index is 11.3. The van der Waals surface area contributed by atoms with Crippen molar-refractivity contribution >= 4 is 16.4 Å². The fourth-order valence-corrected chi connectivity index (χ4v) is 5.07. The van der Waals surface area contributed by atoms with Crippen molar-refractivity contribution in [2.45, 2.75) is 37.2 Å². The topological polar surface area (TPSA) is 119 Å². The normalized spacial score (nSPS) is 45.0.